The van der Waals surface area contributed by atoms with Crippen LogP contribution in [0.5, 0.6) is 0 Å². The molecule has 170 valence electrons. The minimum Gasteiger partial charge on any atom is -0.376 e. The maximum atomic E-state index is 12.9. The van der Waals surface area contributed by atoms with E-state index in [1.54, 1.807) is 0 Å². The molecular weight excluding hydrogens is 426 g/mol. The van der Waals surface area contributed by atoms with Gasteiger partial charge in [0, 0.05) is 42.4 Å². The zero-order valence-electron chi connectivity index (χ0n) is 18.5. The van der Waals surface area contributed by atoms with Gasteiger partial charge < -0.3 is 19.4 Å². The SMILES string of the molecule is C[C@@H]1CN(C(=O)CSc2nnc(-c3c[nH]c4ccccc34)n2C[C@@H]2CCCO2)C[C@@H](C)O1. The average molecular weight is 456 g/mol. The van der Waals surface area contributed by atoms with Crippen LogP contribution in [0.15, 0.2) is 35.6 Å². The van der Waals surface area contributed by atoms with E-state index >= 15 is 0 Å². The number of H-pyrrole nitrogens is 1. The van der Waals surface area contributed by atoms with E-state index in [1.165, 1.54) is 11.8 Å². The summed E-state index contributed by atoms with van der Waals surface area (Å²) in [5, 5.41) is 10.9. The number of fused-ring (bicyclic) bond motifs is 1. The number of hydrogen-bond acceptors (Lipinski definition) is 6. The molecule has 4 heterocycles. The second-order valence-corrected chi connectivity index (χ2v) is 9.59. The summed E-state index contributed by atoms with van der Waals surface area (Å²) in [6.45, 7) is 6.76. The Labute approximate surface area is 191 Å². The second kappa shape index (κ2) is 9.25. The first-order chi connectivity index (χ1) is 15.6. The summed E-state index contributed by atoms with van der Waals surface area (Å²) in [5.41, 5.74) is 2.08. The van der Waals surface area contributed by atoms with E-state index in [0.717, 1.165) is 46.9 Å². The van der Waals surface area contributed by atoms with Gasteiger partial charge in [0.2, 0.25) is 5.91 Å². The van der Waals surface area contributed by atoms with Gasteiger partial charge in [0.25, 0.3) is 0 Å². The summed E-state index contributed by atoms with van der Waals surface area (Å²) in [7, 11) is 0. The molecule has 2 saturated heterocycles. The predicted molar refractivity (Wildman–Crippen MR) is 124 cm³/mol. The molecule has 1 amide bonds. The summed E-state index contributed by atoms with van der Waals surface area (Å²) in [6.07, 6.45) is 4.35. The molecule has 2 aromatic heterocycles. The highest BCUT2D eigenvalue weighted by molar-refractivity contribution is 7.99. The zero-order valence-corrected chi connectivity index (χ0v) is 19.3. The van der Waals surface area contributed by atoms with E-state index < -0.39 is 0 Å². The molecule has 32 heavy (non-hydrogen) atoms. The molecule has 5 rings (SSSR count). The van der Waals surface area contributed by atoms with E-state index in [0.29, 0.717) is 25.4 Å². The van der Waals surface area contributed by atoms with Crippen molar-refractivity contribution in [3.05, 3.63) is 30.5 Å². The number of para-hydroxylation sites is 1. The Morgan fingerprint density at radius 3 is 2.81 bits per heavy atom. The van der Waals surface area contributed by atoms with E-state index in [9.17, 15) is 4.79 Å². The Kier molecular flexibility index (Phi) is 6.21. The average Bonchev–Trinajstić information content (AvgIpc) is 3.52. The molecule has 3 atom stereocenters. The van der Waals surface area contributed by atoms with Gasteiger partial charge in [-0.15, -0.1) is 10.2 Å². The maximum Gasteiger partial charge on any atom is 0.233 e. The molecule has 0 spiro atoms. The number of carbonyl (C=O) groups is 1. The fourth-order valence-electron chi connectivity index (χ4n) is 4.61. The van der Waals surface area contributed by atoms with Gasteiger partial charge in [-0.3, -0.25) is 9.36 Å². The summed E-state index contributed by atoms with van der Waals surface area (Å²) >= 11 is 1.45. The van der Waals surface area contributed by atoms with Crippen LogP contribution in [0.4, 0.5) is 0 Å². The number of thioether (sulfide) groups is 1. The van der Waals surface area contributed by atoms with E-state index in [1.807, 2.05) is 37.1 Å². The Morgan fingerprint density at radius 2 is 2.03 bits per heavy atom. The molecule has 0 radical (unpaired) electrons. The van der Waals surface area contributed by atoms with Crippen LogP contribution in [-0.4, -0.2) is 74.3 Å². The van der Waals surface area contributed by atoms with Crippen LogP contribution in [0.2, 0.25) is 0 Å². The van der Waals surface area contributed by atoms with Gasteiger partial charge >= 0.3 is 0 Å². The number of hydrogen-bond donors (Lipinski definition) is 1. The Morgan fingerprint density at radius 1 is 1.22 bits per heavy atom. The molecule has 0 aliphatic carbocycles. The minimum atomic E-state index is 0.0596. The van der Waals surface area contributed by atoms with Crippen LogP contribution in [0.25, 0.3) is 22.3 Å². The quantitative estimate of drug-likeness (QED) is 0.574. The molecule has 0 saturated carbocycles. The monoisotopic (exact) mass is 455 g/mol. The van der Waals surface area contributed by atoms with E-state index in [4.69, 9.17) is 9.47 Å². The van der Waals surface area contributed by atoms with Crippen molar-refractivity contribution in [2.75, 3.05) is 25.4 Å². The second-order valence-electron chi connectivity index (χ2n) is 8.64. The molecule has 9 heteroatoms. The van der Waals surface area contributed by atoms with Crippen molar-refractivity contribution in [2.45, 2.75) is 56.7 Å². The molecule has 0 unspecified atom stereocenters. The fraction of sp³-hybridized carbons (Fsp3) is 0.522. The first-order valence-corrected chi connectivity index (χ1v) is 12.2. The Bertz CT molecular complexity index is 1080. The highest BCUT2D eigenvalue weighted by atomic mass is 32.2. The predicted octanol–water partition coefficient (Wildman–Crippen LogP) is 3.33. The van der Waals surface area contributed by atoms with Gasteiger partial charge in [-0.25, -0.2) is 0 Å². The summed E-state index contributed by atoms with van der Waals surface area (Å²) in [6, 6.07) is 8.18. The number of carbonyl (C=O) groups excluding carboxylic acids is 1. The molecule has 1 N–H and O–H groups in total. The molecule has 3 aromatic rings. The first kappa shape index (κ1) is 21.5. The van der Waals surface area contributed by atoms with Crippen LogP contribution in [0.3, 0.4) is 0 Å². The lowest BCUT2D eigenvalue weighted by molar-refractivity contribution is -0.140. The molecule has 2 fully saturated rings. The number of morpholine rings is 1. The third-order valence-electron chi connectivity index (χ3n) is 6.05. The van der Waals surface area contributed by atoms with Crippen LogP contribution < -0.4 is 0 Å². The van der Waals surface area contributed by atoms with E-state index in [-0.39, 0.29) is 24.2 Å². The van der Waals surface area contributed by atoms with Crippen molar-refractivity contribution in [3.8, 4) is 11.4 Å². The molecular formula is C23H29N5O3S. The highest BCUT2D eigenvalue weighted by Crippen LogP contribution is 2.31. The van der Waals surface area contributed by atoms with Gasteiger partial charge in [0.05, 0.1) is 30.6 Å². The maximum absolute atomic E-state index is 12.9. The molecule has 2 aliphatic rings. The number of rotatable bonds is 6. The van der Waals surface area contributed by atoms with Crippen molar-refractivity contribution in [2.24, 2.45) is 0 Å². The molecule has 8 nitrogen and oxygen atoms in total. The number of amides is 1. The summed E-state index contributed by atoms with van der Waals surface area (Å²) < 4.78 is 13.8. The number of aromatic amines is 1. The number of ether oxygens (including phenoxy) is 2. The van der Waals surface area contributed by atoms with E-state index in [2.05, 4.69) is 31.9 Å². The lowest BCUT2D eigenvalue weighted by Crippen LogP contribution is -2.48. The van der Waals surface area contributed by atoms with Crippen LogP contribution in [0, 0.1) is 0 Å². The van der Waals surface area contributed by atoms with Crippen molar-refractivity contribution < 1.29 is 14.3 Å². The van der Waals surface area contributed by atoms with Crippen molar-refractivity contribution in [1.82, 2.24) is 24.6 Å². The van der Waals surface area contributed by atoms with Gasteiger partial charge in [0.15, 0.2) is 11.0 Å². The third kappa shape index (κ3) is 4.42. The topological polar surface area (TPSA) is 85.3 Å². The third-order valence-corrected chi connectivity index (χ3v) is 7.01. The molecule has 2 aliphatic heterocycles. The summed E-state index contributed by atoms with van der Waals surface area (Å²) in [4.78, 5) is 18.1. The molecule has 0 bridgehead atoms. The first-order valence-electron chi connectivity index (χ1n) is 11.3. The van der Waals surface area contributed by atoms with Crippen LogP contribution in [0.1, 0.15) is 26.7 Å². The molecule has 1 aromatic carbocycles. The van der Waals surface area contributed by atoms with Gasteiger partial charge in [-0.2, -0.15) is 0 Å². The fourth-order valence-corrected chi connectivity index (χ4v) is 5.46. The van der Waals surface area contributed by atoms with Crippen LogP contribution in [-0.2, 0) is 20.8 Å². The van der Waals surface area contributed by atoms with Gasteiger partial charge in [-0.05, 0) is 32.8 Å². The van der Waals surface area contributed by atoms with Crippen molar-refractivity contribution in [1.29, 1.82) is 0 Å². The Balaban J connectivity index is 1.39. The van der Waals surface area contributed by atoms with Gasteiger partial charge in [-0.1, -0.05) is 30.0 Å². The highest BCUT2D eigenvalue weighted by Gasteiger charge is 2.27. The number of aromatic nitrogens is 4. The Hall–Kier alpha value is -2.36. The number of nitrogens with one attached hydrogen (secondary N) is 1. The smallest absolute Gasteiger partial charge is 0.233 e. The standard InChI is InChI=1S/C23H29N5O3S/c1-15-11-27(12-16(2)31-15)21(29)14-32-23-26-25-22(28(23)13-17-6-5-9-30-17)19-10-24-20-8-4-3-7-18(19)20/h3-4,7-8,10,15-17,24H,5-6,9,11-14H2,1-2H3/t15-,16-,17+/m1/s1. The van der Waals surface area contributed by atoms with Crippen molar-refractivity contribution >= 4 is 28.6 Å². The van der Waals surface area contributed by atoms with Gasteiger partial charge in [0.1, 0.15) is 0 Å². The summed E-state index contributed by atoms with van der Waals surface area (Å²) in [5.74, 6) is 1.25. The van der Waals surface area contributed by atoms with Crippen LogP contribution >= 0.6 is 11.8 Å². The number of nitrogens with zero attached hydrogens (tertiary/aromatic N) is 4. The lowest BCUT2D eigenvalue weighted by Gasteiger charge is -2.35. The minimum absolute atomic E-state index is 0.0596. The largest absolute Gasteiger partial charge is 0.376 e. The normalized spacial score (nSPS) is 23.8. The zero-order chi connectivity index (χ0) is 22.1. The van der Waals surface area contributed by atoms with Crippen molar-refractivity contribution in [3.63, 3.8) is 0 Å². The number of benzene rings is 1. The lowest BCUT2D eigenvalue weighted by atomic mass is 10.1.